The maximum Gasteiger partial charge on any atom is 0.344 e. The van der Waals surface area contributed by atoms with Gasteiger partial charge in [0.1, 0.15) is 11.3 Å². The summed E-state index contributed by atoms with van der Waals surface area (Å²) >= 11 is 0. The molecule has 3 aromatic rings. The number of unbranched alkanes of at least 4 members (excludes halogenated alkanes) is 2. The molecular weight excluding hydrogens is 548 g/mol. The Hall–Kier alpha value is -4.46. The van der Waals surface area contributed by atoms with Crippen molar-refractivity contribution >= 4 is 28.9 Å². The van der Waals surface area contributed by atoms with Crippen LogP contribution in [0.3, 0.4) is 0 Å². The maximum absolute atomic E-state index is 13.0. The molecule has 43 heavy (non-hydrogen) atoms. The molecule has 1 heterocycles. The highest BCUT2D eigenvalue weighted by atomic mass is 16.5. The van der Waals surface area contributed by atoms with Gasteiger partial charge < -0.3 is 18.6 Å². The molecule has 0 fully saturated rings. The summed E-state index contributed by atoms with van der Waals surface area (Å²) in [4.78, 5) is 48.2. The van der Waals surface area contributed by atoms with Crippen LogP contribution in [0, 0.1) is 5.92 Å². The van der Waals surface area contributed by atoms with Crippen LogP contribution in [0.5, 0.6) is 5.75 Å². The first kappa shape index (κ1) is 33.0. The minimum Gasteiger partial charge on any atom is -0.465 e. The number of esters is 3. The Labute approximate surface area is 252 Å². The summed E-state index contributed by atoms with van der Waals surface area (Å²) in [6.07, 6.45) is 4.47. The van der Waals surface area contributed by atoms with Crippen molar-refractivity contribution in [3.05, 3.63) is 88.3 Å². The molecule has 0 aliphatic heterocycles. The highest BCUT2D eigenvalue weighted by molar-refractivity contribution is 5.89. The van der Waals surface area contributed by atoms with E-state index in [0.29, 0.717) is 54.1 Å². The van der Waals surface area contributed by atoms with Crippen molar-refractivity contribution in [1.82, 2.24) is 0 Å². The predicted molar refractivity (Wildman–Crippen MR) is 166 cm³/mol. The van der Waals surface area contributed by atoms with Gasteiger partial charge in [-0.2, -0.15) is 0 Å². The lowest BCUT2D eigenvalue weighted by molar-refractivity contribution is -0.147. The van der Waals surface area contributed by atoms with Gasteiger partial charge in [0, 0.05) is 16.5 Å². The van der Waals surface area contributed by atoms with Crippen LogP contribution in [-0.4, -0.2) is 31.1 Å². The number of carbonyl (C=O) groups excluding carboxylic acids is 3. The van der Waals surface area contributed by atoms with Crippen molar-refractivity contribution in [3.8, 4) is 16.9 Å². The van der Waals surface area contributed by atoms with Gasteiger partial charge in [0.2, 0.25) is 0 Å². The van der Waals surface area contributed by atoms with Crippen LogP contribution in [0.4, 0.5) is 0 Å². The lowest BCUT2D eigenvalue weighted by Gasteiger charge is -2.13. The summed E-state index contributed by atoms with van der Waals surface area (Å²) in [5.41, 5.74) is 3.86. The van der Waals surface area contributed by atoms with Crippen molar-refractivity contribution in [1.29, 1.82) is 0 Å². The number of benzene rings is 2. The average molecular weight is 589 g/mol. The second-order valence-electron chi connectivity index (χ2n) is 11.0. The van der Waals surface area contributed by atoms with Crippen LogP contribution in [0.1, 0.15) is 64.5 Å². The lowest BCUT2D eigenvalue weighted by atomic mass is 9.95. The Morgan fingerprint density at radius 2 is 1.37 bits per heavy atom. The van der Waals surface area contributed by atoms with Crippen molar-refractivity contribution in [2.75, 3.05) is 13.2 Å². The van der Waals surface area contributed by atoms with Crippen LogP contribution < -0.4 is 10.4 Å². The van der Waals surface area contributed by atoms with Crippen LogP contribution in [0.2, 0.25) is 0 Å². The molecule has 0 aliphatic carbocycles. The van der Waals surface area contributed by atoms with E-state index >= 15 is 0 Å². The van der Waals surface area contributed by atoms with Crippen molar-refractivity contribution in [2.24, 2.45) is 5.92 Å². The Kier molecular flexibility index (Phi) is 12.0. The van der Waals surface area contributed by atoms with Gasteiger partial charge in [-0.15, -0.1) is 0 Å². The SMILES string of the molecule is C=C(C)C(=O)OCCCCc1cc2oc(=O)c(-c3ccc(OC(=O)C(=C)C)cc3)cc2cc1CCCCOC(=O)C(C)C. The van der Waals surface area contributed by atoms with Crippen molar-refractivity contribution < 1.29 is 33.0 Å². The monoisotopic (exact) mass is 588 g/mol. The molecule has 0 bridgehead atoms. The van der Waals surface area contributed by atoms with Gasteiger partial charge in [-0.3, -0.25) is 4.79 Å². The van der Waals surface area contributed by atoms with Gasteiger partial charge >= 0.3 is 23.5 Å². The molecule has 0 aliphatic rings. The highest BCUT2D eigenvalue weighted by Crippen LogP contribution is 2.27. The molecule has 0 atom stereocenters. The second-order valence-corrected chi connectivity index (χ2v) is 11.0. The quantitative estimate of drug-likeness (QED) is 0.0620. The van der Waals surface area contributed by atoms with Crippen molar-refractivity contribution in [2.45, 2.75) is 66.2 Å². The smallest absolute Gasteiger partial charge is 0.344 e. The van der Waals surface area contributed by atoms with Crippen LogP contribution in [-0.2, 0) is 36.7 Å². The number of fused-ring (bicyclic) bond motifs is 1. The normalized spacial score (nSPS) is 10.9. The van der Waals surface area contributed by atoms with E-state index in [0.717, 1.165) is 42.2 Å². The molecule has 228 valence electrons. The molecule has 0 unspecified atom stereocenters. The summed E-state index contributed by atoms with van der Waals surface area (Å²) in [7, 11) is 0. The predicted octanol–water partition coefficient (Wildman–Crippen LogP) is 6.91. The van der Waals surface area contributed by atoms with E-state index in [1.165, 1.54) is 0 Å². The first-order chi connectivity index (χ1) is 20.5. The van der Waals surface area contributed by atoms with Gasteiger partial charge in [-0.25, -0.2) is 14.4 Å². The zero-order valence-corrected chi connectivity index (χ0v) is 25.5. The van der Waals surface area contributed by atoms with E-state index in [4.69, 9.17) is 18.6 Å². The Morgan fingerprint density at radius 1 is 0.791 bits per heavy atom. The number of hydrogen-bond donors (Lipinski definition) is 0. The van der Waals surface area contributed by atoms with Gasteiger partial charge in [0.05, 0.1) is 24.7 Å². The molecule has 0 spiro atoms. The van der Waals surface area contributed by atoms with Crippen molar-refractivity contribution in [3.63, 3.8) is 0 Å². The largest absolute Gasteiger partial charge is 0.465 e. The number of rotatable bonds is 15. The van der Waals surface area contributed by atoms with Crippen LogP contribution >= 0.6 is 0 Å². The summed E-state index contributed by atoms with van der Waals surface area (Å²) < 4.78 is 21.5. The Bertz CT molecular complexity index is 1540. The van der Waals surface area contributed by atoms with Crippen LogP contribution in [0.25, 0.3) is 22.1 Å². The van der Waals surface area contributed by atoms with Gasteiger partial charge in [-0.05, 0) is 99.4 Å². The molecule has 8 nitrogen and oxygen atoms in total. The third-order valence-corrected chi connectivity index (χ3v) is 6.76. The fourth-order valence-electron chi connectivity index (χ4n) is 4.28. The average Bonchev–Trinajstić information content (AvgIpc) is 2.96. The molecule has 0 saturated carbocycles. The molecule has 3 rings (SSSR count). The van der Waals surface area contributed by atoms with Gasteiger partial charge in [0.25, 0.3) is 0 Å². The zero-order chi connectivity index (χ0) is 31.5. The minimum atomic E-state index is -0.521. The molecule has 8 heteroatoms. The van der Waals surface area contributed by atoms with E-state index in [1.807, 2.05) is 32.0 Å². The third-order valence-electron chi connectivity index (χ3n) is 6.76. The second kappa shape index (κ2) is 15.7. The summed E-state index contributed by atoms with van der Waals surface area (Å²) in [5, 5.41) is 0.785. The van der Waals surface area contributed by atoms with Crippen LogP contribution in [0.15, 0.2) is 76.0 Å². The van der Waals surface area contributed by atoms with E-state index in [9.17, 15) is 19.2 Å². The van der Waals surface area contributed by atoms with E-state index in [-0.39, 0.29) is 17.5 Å². The standard InChI is InChI=1S/C35H40O8/c1-22(2)32(36)40-17-9-7-11-26-19-28-20-30(25-13-15-29(16-14-25)42-34(38)24(5)6)35(39)43-31(28)21-27(26)12-8-10-18-41-33(37)23(3)4/h13-16,19-22H,3,5,7-12,17-18H2,1-2,4,6H3. The maximum atomic E-state index is 13.0. The fraction of sp³-hybridized carbons (Fsp3) is 0.371. The minimum absolute atomic E-state index is 0.159. The topological polar surface area (TPSA) is 109 Å². The van der Waals surface area contributed by atoms with E-state index in [2.05, 4.69) is 13.2 Å². The highest BCUT2D eigenvalue weighted by Gasteiger charge is 2.14. The van der Waals surface area contributed by atoms with E-state index < -0.39 is 17.6 Å². The van der Waals surface area contributed by atoms with Gasteiger partial charge in [-0.1, -0.05) is 39.1 Å². The number of hydrogen-bond acceptors (Lipinski definition) is 8. The molecule has 0 saturated heterocycles. The first-order valence-corrected chi connectivity index (χ1v) is 14.5. The fourth-order valence-corrected chi connectivity index (χ4v) is 4.28. The number of aryl methyl sites for hydroxylation is 2. The zero-order valence-electron chi connectivity index (χ0n) is 25.5. The molecule has 0 amide bonds. The third kappa shape index (κ3) is 9.81. The number of ether oxygens (including phenoxy) is 3. The molecular formula is C35H40O8. The Morgan fingerprint density at radius 3 is 1.95 bits per heavy atom. The summed E-state index contributed by atoms with van der Waals surface area (Å²) in [6, 6.07) is 12.4. The lowest BCUT2D eigenvalue weighted by Crippen LogP contribution is -2.12. The van der Waals surface area contributed by atoms with Gasteiger partial charge in [0.15, 0.2) is 0 Å². The summed E-state index contributed by atoms with van der Waals surface area (Å²) in [6.45, 7) is 14.6. The Balaban J connectivity index is 1.81. The molecule has 2 aromatic carbocycles. The number of carbonyl (C=O) groups is 3. The summed E-state index contributed by atoms with van der Waals surface area (Å²) in [5.74, 6) is -0.935. The molecule has 0 radical (unpaired) electrons. The van der Waals surface area contributed by atoms with E-state index in [1.54, 1.807) is 38.1 Å². The molecule has 1 aromatic heterocycles. The first-order valence-electron chi connectivity index (χ1n) is 14.5. The molecule has 0 N–H and O–H groups in total.